The van der Waals surface area contributed by atoms with Crippen LogP contribution in [0.25, 0.3) is 0 Å². The lowest BCUT2D eigenvalue weighted by atomic mass is 10.2. The van der Waals surface area contributed by atoms with E-state index in [0.717, 1.165) is 22.0 Å². The monoisotopic (exact) mass is 335 g/mol. The van der Waals surface area contributed by atoms with E-state index in [2.05, 4.69) is 10.4 Å². The number of hydrogen-bond donors (Lipinski definition) is 1. The van der Waals surface area contributed by atoms with E-state index in [-0.39, 0.29) is 18.2 Å². The SMILES string of the molecule is Cc1cc(C)n(C(=O)CC2Sc3cc(Cl)ccc3NC2=O)n1. The molecule has 1 aliphatic rings. The van der Waals surface area contributed by atoms with Gasteiger partial charge in [-0.05, 0) is 38.1 Å². The summed E-state index contributed by atoms with van der Waals surface area (Å²) in [7, 11) is 0. The van der Waals surface area contributed by atoms with Crippen LogP contribution in [0.2, 0.25) is 5.02 Å². The molecule has 114 valence electrons. The number of nitrogens with one attached hydrogen (secondary N) is 1. The number of rotatable bonds is 2. The molecule has 1 aromatic heterocycles. The number of thioether (sulfide) groups is 1. The van der Waals surface area contributed by atoms with Crippen LogP contribution in [0.3, 0.4) is 0 Å². The zero-order valence-electron chi connectivity index (χ0n) is 12.1. The van der Waals surface area contributed by atoms with Crippen molar-refractivity contribution in [3.05, 3.63) is 40.7 Å². The van der Waals surface area contributed by atoms with Crippen LogP contribution in [0.4, 0.5) is 5.69 Å². The number of anilines is 1. The number of aromatic nitrogens is 2. The van der Waals surface area contributed by atoms with E-state index < -0.39 is 5.25 Å². The van der Waals surface area contributed by atoms with Crippen molar-refractivity contribution in [1.82, 2.24) is 9.78 Å². The summed E-state index contributed by atoms with van der Waals surface area (Å²) < 4.78 is 1.36. The van der Waals surface area contributed by atoms with E-state index in [9.17, 15) is 9.59 Å². The van der Waals surface area contributed by atoms with E-state index in [4.69, 9.17) is 11.6 Å². The number of aryl methyl sites for hydroxylation is 2. The number of benzene rings is 1. The predicted molar refractivity (Wildman–Crippen MR) is 86.7 cm³/mol. The van der Waals surface area contributed by atoms with Gasteiger partial charge in [-0.25, -0.2) is 4.68 Å². The minimum Gasteiger partial charge on any atom is -0.324 e. The van der Waals surface area contributed by atoms with Gasteiger partial charge in [-0.3, -0.25) is 9.59 Å². The number of nitrogens with zero attached hydrogens (tertiary/aromatic N) is 2. The lowest BCUT2D eigenvalue weighted by Gasteiger charge is -2.23. The molecule has 0 fully saturated rings. The maximum atomic E-state index is 12.4. The highest BCUT2D eigenvalue weighted by atomic mass is 35.5. The Balaban J connectivity index is 1.80. The Morgan fingerprint density at radius 3 is 2.86 bits per heavy atom. The number of amides is 1. The second kappa shape index (κ2) is 5.78. The van der Waals surface area contributed by atoms with Gasteiger partial charge in [-0.2, -0.15) is 5.10 Å². The predicted octanol–water partition coefficient (Wildman–Crippen LogP) is 3.30. The van der Waals surface area contributed by atoms with Crippen molar-refractivity contribution in [2.24, 2.45) is 0 Å². The highest BCUT2D eigenvalue weighted by molar-refractivity contribution is 8.01. The Bertz CT molecular complexity index is 772. The van der Waals surface area contributed by atoms with E-state index in [1.165, 1.54) is 16.4 Å². The van der Waals surface area contributed by atoms with E-state index >= 15 is 0 Å². The molecule has 0 aliphatic carbocycles. The van der Waals surface area contributed by atoms with Gasteiger partial charge in [0.05, 0.1) is 23.1 Å². The molecule has 0 spiro atoms. The Hall–Kier alpha value is -1.79. The number of halogens is 1. The molecule has 0 bridgehead atoms. The van der Waals surface area contributed by atoms with Crippen molar-refractivity contribution >= 4 is 40.9 Å². The molecule has 22 heavy (non-hydrogen) atoms. The topological polar surface area (TPSA) is 64.0 Å². The van der Waals surface area contributed by atoms with Gasteiger partial charge in [0.2, 0.25) is 11.8 Å². The third kappa shape index (κ3) is 2.89. The third-order valence-electron chi connectivity index (χ3n) is 3.37. The van der Waals surface area contributed by atoms with E-state index in [1.54, 1.807) is 18.2 Å². The minimum atomic E-state index is -0.484. The van der Waals surface area contributed by atoms with Crippen molar-refractivity contribution in [2.45, 2.75) is 30.4 Å². The molecular formula is C15H14ClN3O2S. The zero-order valence-corrected chi connectivity index (χ0v) is 13.7. The van der Waals surface area contributed by atoms with Crippen molar-refractivity contribution in [2.75, 3.05) is 5.32 Å². The Kier molecular flexibility index (Phi) is 3.97. The summed E-state index contributed by atoms with van der Waals surface area (Å²) >= 11 is 7.34. The summed E-state index contributed by atoms with van der Waals surface area (Å²) in [6.07, 6.45) is 0.0877. The Labute approximate surface area is 137 Å². The van der Waals surface area contributed by atoms with Gasteiger partial charge in [0.25, 0.3) is 0 Å². The van der Waals surface area contributed by atoms with Gasteiger partial charge in [-0.1, -0.05) is 11.6 Å². The first-order chi connectivity index (χ1) is 10.4. The molecule has 1 amide bonds. The zero-order chi connectivity index (χ0) is 15.9. The number of hydrogen-bond acceptors (Lipinski definition) is 4. The van der Waals surface area contributed by atoms with Gasteiger partial charge in [-0.15, -0.1) is 11.8 Å². The summed E-state index contributed by atoms with van der Waals surface area (Å²) in [5.41, 5.74) is 2.28. The summed E-state index contributed by atoms with van der Waals surface area (Å²) in [6, 6.07) is 7.12. The fourth-order valence-corrected chi connectivity index (χ4v) is 3.75. The molecular weight excluding hydrogens is 322 g/mol. The number of fused-ring (bicyclic) bond motifs is 1. The van der Waals surface area contributed by atoms with Crippen LogP contribution < -0.4 is 5.32 Å². The second-order valence-corrected chi connectivity index (χ2v) is 6.85. The summed E-state index contributed by atoms with van der Waals surface area (Å²) in [5, 5.41) is 7.10. The molecule has 2 heterocycles. The van der Waals surface area contributed by atoms with Crippen molar-refractivity contribution < 1.29 is 9.59 Å². The summed E-state index contributed by atoms with van der Waals surface area (Å²) in [6.45, 7) is 3.65. The van der Waals surface area contributed by atoms with Gasteiger partial charge in [0.15, 0.2) is 0 Å². The average molecular weight is 336 g/mol. The maximum Gasteiger partial charge on any atom is 0.248 e. The fourth-order valence-electron chi connectivity index (χ4n) is 2.38. The Morgan fingerprint density at radius 1 is 1.41 bits per heavy atom. The van der Waals surface area contributed by atoms with Crippen LogP contribution in [0.5, 0.6) is 0 Å². The molecule has 1 unspecified atom stereocenters. The lowest BCUT2D eigenvalue weighted by molar-refractivity contribution is -0.115. The van der Waals surface area contributed by atoms with E-state index in [1.807, 2.05) is 19.9 Å². The van der Waals surface area contributed by atoms with Crippen LogP contribution in [0.1, 0.15) is 22.6 Å². The third-order valence-corrected chi connectivity index (χ3v) is 4.86. The number of carbonyl (C=O) groups excluding carboxylic acids is 2. The van der Waals surface area contributed by atoms with Crippen molar-refractivity contribution in [3.8, 4) is 0 Å². The molecule has 2 aromatic rings. The molecule has 0 saturated heterocycles. The molecule has 0 saturated carbocycles. The lowest BCUT2D eigenvalue weighted by Crippen LogP contribution is -2.32. The molecule has 0 radical (unpaired) electrons. The second-order valence-electron chi connectivity index (χ2n) is 5.17. The molecule has 1 atom stereocenters. The largest absolute Gasteiger partial charge is 0.324 e. The van der Waals surface area contributed by atoms with Gasteiger partial charge in [0, 0.05) is 15.6 Å². The molecule has 7 heteroatoms. The van der Waals surface area contributed by atoms with Crippen molar-refractivity contribution in [1.29, 1.82) is 0 Å². The van der Waals surface area contributed by atoms with Crippen LogP contribution in [-0.4, -0.2) is 26.8 Å². The normalized spacial score (nSPS) is 17.0. The molecule has 3 rings (SSSR count). The number of carbonyl (C=O) groups is 2. The Morgan fingerprint density at radius 2 is 2.18 bits per heavy atom. The maximum absolute atomic E-state index is 12.4. The standard InChI is InChI=1S/C15H14ClN3O2S/c1-8-5-9(2)19(18-8)14(20)7-13-15(21)17-11-4-3-10(16)6-12(11)22-13/h3-6,13H,7H2,1-2H3,(H,17,21). The minimum absolute atomic E-state index is 0.0877. The smallest absolute Gasteiger partial charge is 0.248 e. The van der Waals surface area contributed by atoms with Gasteiger partial charge in [0.1, 0.15) is 0 Å². The first kappa shape index (κ1) is 15.1. The fraction of sp³-hybridized carbons (Fsp3) is 0.267. The quantitative estimate of drug-likeness (QED) is 0.914. The first-order valence-corrected chi connectivity index (χ1v) is 8.03. The summed E-state index contributed by atoms with van der Waals surface area (Å²) in [5.74, 6) is -0.363. The molecule has 1 aliphatic heterocycles. The van der Waals surface area contributed by atoms with Crippen molar-refractivity contribution in [3.63, 3.8) is 0 Å². The average Bonchev–Trinajstić information content (AvgIpc) is 2.79. The summed E-state index contributed by atoms with van der Waals surface area (Å²) in [4.78, 5) is 25.4. The highest BCUT2D eigenvalue weighted by Gasteiger charge is 2.30. The van der Waals surface area contributed by atoms with Crippen LogP contribution in [-0.2, 0) is 4.79 Å². The van der Waals surface area contributed by atoms with Crippen LogP contribution in [0, 0.1) is 13.8 Å². The van der Waals surface area contributed by atoms with Gasteiger partial charge < -0.3 is 5.32 Å². The first-order valence-electron chi connectivity index (χ1n) is 6.77. The molecule has 1 aromatic carbocycles. The molecule has 5 nitrogen and oxygen atoms in total. The molecule has 1 N–H and O–H groups in total. The highest BCUT2D eigenvalue weighted by Crippen LogP contribution is 2.38. The van der Waals surface area contributed by atoms with Crippen LogP contribution >= 0.6 is 23.4 Å². The van der Waals surface area contributed by atoms with Crippen LogP contribution in [0.15, 0.2) is 29.2 Å². The van der Waals surface area contributed by atoms with E-state index in [0.29, 0.717) is 5.02 Å². The van der Waals surface area contributed by atoms with Gasteiger partial charge >= 0.3 is 0 Å².